The zero-order valence-corrected chi connectivity index (χ0v) is 11.4. The minimum Gasteiger partial charge on any atom is -0.330 e. The number of allylic oxidation sites excluding steroid dienone is 1. The van der Waals surface area contributed by atoms with E-state index >= 15 is 0 Å². The monoisotopic (exact) mass is 225 g/mol. The molecule has 0 aliphatic carbocycles. The van der Waals surface area contributed by atoms with Gasteiger partial charge in [0.1, 0.15) is 0 Å². The minimum atomic E-state index is 0.663. The first-order valence-electron chi connectivity index (χ1n) is 7.06. The van der Waals surface area contributed by atoms with Gasteiger partial charge in [0.15, 0.2) is 0 Å². The summed E-state index contributed by atoms with van der Waals surface area (Å²) >= 11 is 0. The molecule has 0 aromatic carbocycles. The van der Waals surface area contributed by atoms with Gasteiger partial charge in [0.05, 0.1) is 0 Å². The SMILES string of the molecule is C=C(CCCCCCCCCCN)C(C)C. The molecule has 0 aromatic heterocycles. The Morgan fingerprint density at radius 2 is 1.31 bits per heavy atom. The lowest BCUT2D eigenvalue weighted by molar-refractivity contribution is 0.562. The van der Waals surface area contributed by atoms with Gasteiger partial charge in [-0.05, 0) is 31.7 Å². The third kappa shape index (κ3) is 10.2. The highest BCUT2D eigenvalue weighted by atomic mass is 14.5. The van der Waals surface area contributed by atoms with Crippen LogP contribution in [0.5, 0.6) is 0 Å². The molecular formula is C15H31N. The van der Waals surface area contributed by atoms with Crippen LogP contribution in [0.1, 0.15) is 71.6 Å². The number of hydrogen-bond donors (Lipinski definition) is 1. The molecule has 0 spiro atoms. The largest absolute Gasteiger partial charge is 0.330 e. The average molecular weight is 225 g/mol. The lowest BCUT2D eigenvalue weighted by atomic mass is 9.98. The molecule has 0 atom stereocenters. The zero-order chi connectivity index (χ0) is 12.2. The maximum atomic E-state index is 5.45. The number of rotatable bonds is 11. The molecule has 1 nitrogen and oxygen atoms in total. The van der Waals surface area contributed by atoms with E-state index in [1.165, 1.54) is 63.4 Å². The second kappa shape index (κ2) is 11.2. The van der Waals surface area contributed by atoms with Gasteiger partial charge in [0.2, 0.25) is 0 Å². The molecule has 0 aliphatic rings. The van der Waals surface area contributed by atoms with Crippen molar-refractivity contribution in [1.82, 2.24) is 0 Å². The summed E-state index contributed by atoms with van der Waals surface area (Å²) in [5.41, 5.74) is 6.87. The molecule has 0 aromatic rings. The van der Waals surface area contributed by atoms with E-state index in [0.29, 0.717) is 5.92 Å². The molecule has 0 fully saturated rings. The minimum absolute atomic E-state index is 0.663. The standard InChI is InChI=1S/C15H31N/c1-14(2)15(3)12-10-8-6-4-5-7-9-11-13-16/h14H,3-13,16H2,1-2H3. The smallest absolute Gasteiger partial charge is 0.00773 e. The van der Waals surface area contributed by atoms with Gasteiger partial charge in [-0.2, -0.15) is 0 Å². The molecule has 0 amide bonds. The third-order valence-electron chi connectivity index (χ3n) is 3.27. The normalized spacial score (nSPS) is 11.0. The molecule has 0 saturated carbocycles. The van der Waals surface area contributed by atoms with Crippen LogP contribution in [0.25, 0.3) is 0 Å². The summed E-state index contributed by atoms with van der Waals surface area (Å²) in [6.07, 6.45) is 12.0. The highest BCUT2D eigenvalue weighted by molar-refractivity contribution is 4.96. The molecule has 16 heavy (non-hydrogen) atoms. The predicted molar refractivity (Wildman–Crippen MR) is 74.6 cm³/mol. The van der Waals surface area contributed by atoms with Crippen LogP contribution in [-0.2, 0) is 0 Å². The molecule has 0 aliphatic heterocycles. The quantitative estimate of drug-likeness (QED) is 0.401. The Labute approximate surface area is 102 Å². The Kier molecular flexibility index (Phi) is 11.0. The summed E-state index contributed by atoms with van der Waals surface area (Å²) in [6, 6.07) is 0. The fourth-order valence-corrected chi connectivity index (χ4v) is 1.85. The van der Waals surface area contributed by atoms with Crippen molar-refractivity contribution in [2.75, 3.05) is 6.54 Å². The van der Waals surface area contributed by atoms with E-state index in [-0.39, 0.29) is 0 Å². The lowest BCUT2D eigenvalue weighted by Gasteiger charge is -2.08. The molecular weight excluding hydrogens is 194 g/mol. The molecule has 0 heterocycles. The van der Waals surface area contributed by atoms with Crippen LogP contribution >= 0.6 is 0 Å². The van der Waals surface area contributed by atoms with Crippen molar-refractivity contribution in [2.24, 2.45) is 11.7 Å². The molecule has 0 unspecified atom stereocenters. The summed E-state index contributed by atoms with van der Waals surface area (Å²) in [5, 5.41) is 0. The Bertz CT molecular complexity index is 161. The van der Waals surface area contributed by atoms with Gasteiger partial charge in [-0.3, -0.25) is 0 Å². The van der Waals surface area contributed by atoms with E-state index in [1.54, 1.807) is 0 Å². The summed E-state index contributed by atoms with van der Waals surface area (Å²) in [7, 11) is 0. The summed E-state index contributed by atoms with van der Waals surface area (Å²) in [6.45, 7) is 9.44. The van der Waals surface area contributed by atoms with Crippen LogP contribution < -0.4 is 5.73 Å². The molecule has 0 bridgehead atoms. The third-order valence-corrected chi connectivity index (χ3v) is 3.27. The molecule has 2 N–H and O–H groups in total. The first kappa shape index (κ1) is 15.7. The van der Waals surface area contributed by atoms with E-state index < -0.39 is 0 Å². The first-order chi connectivity index (χ1) is 7.68. The highest BCUT2D eigenvalue weighted by Gasteiger charge is 1.99. The molecule has 1 heteroatoms. The van der Waals surface area contributed by atoms with Crippen LogP contribution in [0, 0.1) is 5.92 Å². The second-order valence-electron chi connectivity index (χ2n) is 5.18. The van der Waals surface area contributed by atoms with Gasteiger partial charge < -0.3 is 5.73 Å². The van der Waals surface area contributed by atoms with Crippen LogP contribution in [0.3, 0.4) is 0 Å². The predicted octanol–water partition coefficient (Wildman–Crippen LogP) is 4.67. The zero-order valence-electron chi connectivity index (χ0n) is 11.4. The van der Waals surface area contributed by atoms with Crippen molar-refractivity contribution < 1.29 is 0 Å². The maximum absolute atomic E-state index is 5.45. The van der Waals surface area contributed by atoms with Crippen molar-refractivity contribution in [1.29, 1.82) is 0 Å². The average Bonchev–Trinajstić information content (AvgIpc) is 2.26. The first-order valence-corrected chi connectivity index (χ1v) is 7.06. The van der Waals surface area contributed by atoms with Gasteiger partial charge >= 0.3 is 0 Å². The van der Waals surface area contributed by atoms with E-state index in [9.17, 15) is 0 Å². The Hall–Kier alpha value is -0.300. The lowest BCUT2D eigenvalue weighted by Crippen LogP contribution is -1.97. The van der Waals surface area contributed by atoms with Crippen molar-refractivity contribution >= 4 is 0 Å². The highest BCUT2D eigenvalue weighted by Crippen LogP contribution is 2.16. The molecule has 0 radical (unpaired) electrons. The van der Waals surface area contributed by atoms with Gasteiger partial charge in [-0.1, -0.05) is 64.5 Å². The fraction of sp³-hybridized carbons (Fsp3) is 0.867. The Morgan fingerprint density at radius 3 is 1.75 bits per heavy atom. The molecule has 0 rings (SSSR count). The van der Waals surface area contributed by atoms with Crippen molar-refractivity contribution in [3.05, 3.63) is 12.2 Å². The van der Waals surface area contributed by atoms with Crippen LogP contribution in [0.4, 0.5) is 0 Å². The van der Waals surface area contributed by atoms with E-state index in [2.05, 4.69) is 20.4 Å². The number of unbranched alkanes of at least 4 members (excludes halogenated alkanes) is 7. The maximum Gasteiger partial charge on any atom is -0.00773 e. The van der Waals surface area contributed by atoms with Crippen molar-refractivity contribution in [3.8, 4) is 0 Å². The van der Waals surface area contributed by atoms with Gasteiger partial charge in [0, 0.05) is 0 Å². The van der Waals surface area contributed by atoms with E-state index in [4.69, 9.17) is 5.73 Å². The Balaban J connectivity index is 3.07. The summed E-state index contributed by atoms with van der Waals surface area (Å²) in [4.78, 5) is 0. The van der Waals surface area contributed by atoms with Crippen molar-refractivity contribution in [2.45, 2.75) is 71.6 Å². The van der Waals surface area contributed by atoms with Gasteiger partial charge in [0.25, 0.3) is 0 Å². The van der Waals surface area contributed by atoms with E-state index in [1.807, 2.05) is 0 Å². The van der Waals surface area contributed by atoms with Gasteiger partial charge in [-0.25, -0.2) is 0 Å². The molecule has 0 saturated heterocycles. The number of hydrogen-bond acceptors (Lipinski definition) is 1. The molecule has 96 valence electrons. The summed E-state index contributed by atoms with van der Waals surface area (Å²) < 4.78 is 0. The summed E-state index contributed by atoms with van der Waals surface area (Å²) in [5.74, 6) is 0.663. The van der Waals surface area contributed by atoms with Crippen LogP contribution in [0.15, 0.2) is 12.2 Å². The van der Waals surface area contributed by atoms with Crippen LogP contribution in [0.2, 0.25) is 0 Å². The fourth-order valence-electron chi connectivity index (χ4n) is 1.85. The Morgan fingerprint density at radius 1 is 0.875 bits per heavy atom. The van der Waals surface area contributed by atoms with Crippen LogP contribution in [-0.4, -0.2) is 6.54 Å². The van der Waals surface area contributed by atoms with E-state index in [0.717, 1.165) is 6.54 Å². The number of nitrogens with two attached hydrogens (primary N) is 1. The van der Waals surface area contributed by atoms with Crippen molar-refractivity contribution in [3.63, 3.8) is 0 Å². The second-order valence-corrected chi connectivity index (χ2v) is 5.18. The topological polar surface area (TPSA) is 26.0 Å². The van der Waals surface area contributed by atoms with Gasteiger partial charge in [-0.15, -0.1) is 0 Å².